The van der Waals surface area contributed by atoms with Crippen LogP contribution in [0, 0.1) is 16.7 Å². The van der Waals surface area contributed by atoms with Gasteiger partial charge in [0.25, 0.3) is 0 Å². The normalized spacial score (nSPS) is 11.4. The summed E-state index contributed by atoms with van der Waals surface area (Å²) in [5, 5.41) is 8.91. The van der Waals surface area contributed by atoms with Gasteiger partial charge in [0.05, 0.1) is 11.5 Å². The van der Waals surface area contributed by atoms with Crippen LogP contribution < -0.4 is 5.73 Å². The van der Waals surface area contributed by atoms with E-state index in [0.717, 1.165) is 32.2 Å². The summed E-state index contributed by atoms with van der Waals surface area (Å²) >= 11 is 0. The van der Waals surface area contributed by atoms with Crippen LogP contribution in [0.5, 0.6) is 0 Å². The summed E-state index contributed by atoms with van der Waals surface area (Å²) in [4.78, 5) is 0. The second kappa shape index (κ2) is 6.46. The van der Waals surface area contributed by atoms with Crippen LogP contribution in [0.2, 0.25) is 0 Å². The van der Waals surface area contributed by atoms with Crippen molar-refractivity contribution in [2.45, 2.75) is 46.1 Å². The first-order valence-electron chi connectivity index (χ1n) is 6.33. The monoisotopic (exact) mass is 233 g/mol. The van der Waals surface area contributed by atoms with Gasteiger partial charge in [-0.15, -0.1) is 0 Å². The van der Waals surface area contributed by atoms with Gasteiger partial charge >= 0.3 is 0 Å². The zero-order valence-corrected chi connectivity index (χ0v) is 10.9. The fourth-order valence-corrected chi connectivity index (χ4v) is 1.86. The van der Waals surface area contributed by atoms with E-state index in [9.17, 15) is 0 Å². The Morgan fingerprint density at radius 3 is 2.82 bits per heavy atom. The van der Waals surface area contributed by atoms with E-state index in [1.165, 1.54) is 5.56 Å². The van der Waals surface area contributed by atoms with E-state index in [1.807, 2.05) is 13.8 Å². The first-order chi connectivity index (χ1) is 8.07. The second-order valence-corrected chi connectivity index (χ2v) is 5.25. The molecule has 0 atom stereocenters. The topological polar surface area (TPSA) is 54.7 Å². The number of nitrogens with zero attached hydrogens (tertiary/aromatic N) is 2. The minimum absolute atomic E-state index is 0.179. The number of rotatable bonds is 7. The number of hydrogen-bond donors (Lipinski definition) is 1. The minimum Gasteiger partial charge on any atom is -0.354 e. The predicted molar refractivity (Wildman–Crippen MR) is 70.4 cm³/mol. The van der Waals surface area contributed by atoms with Crippen molar-refractivity contribution in [1.29, 1.82) is 5.26 Å². The lowest BCUT2D eigenvalue weighted by molar-refractivity contribution is 0.417. The number of aryl methyl sites for hydroxylation is 1. The second-order valence-electron chi connectivity index (χ2n) is 5.25. The van der Waals surface area contributed by atoms with Gasteiger partial charge in [0.1, 0.15) is 0 Å². The zero-order valence-electron chi connectivity index (χ0n) is 10.9. The molecule has 1 aromatic heterocycles. The maximum absolute atomic E-state index is 8.91. The number of aromatic nitrogens is 1. The Morgan fingerprint density at radius 1 is 1.41 bits per heavy atom. The molecule has 0 saturated heterocycles. The Bertz CT molecular complexity index is 371. The van der Waals surface area contributed by atoms with Crippen LogP contribution in [0.25, 0.3) is 0 Å². The van der Waals surface area contributed by atoms with Crippen molar-refractivity contribution in [2.75, 3.05) is 6.54 Å². The van der Waals surface area contributed by atoms with Crippen LogP contribution in [0.4, 0.5) is 0 Å². The largest absolute Gasteiger partial charge is 0.354 e. The minimum atomic E-state index is -0.179. The van der Waals surface area contributed by atoms with Crippen LogP contribution in [-0.2, 0) is 13.0 Å². The molecule has 0 aliphatic rings. The highest BCUT2D eigenvalue weighted by molar-refractivity contribution is 5.10. The van der Waals surface area contributed by atoms with E-state index < -0.39 is 0 Å². The molecule has 3 heteroatoms. The van der Waals surface area contributed by atoms with E-state index >= 15 is 0 Å². The zero-order chi connectivity index (χ0) is 12.7. The third kappa shape index (κ3) is 5.06. The molecule has 0 amide bonds. The maximum atomic E-state index is 8.91. The third-order valence-corrected chi connectivity index (χ3v) is 3.02. The van der Waals surface area contributed by atoms with Gasteiger partial charge in [-0.25, -0.2) is 0 Å². The summed E-state index contributed by atoms with van der Waals surface area (Å²) in [6.45, 7) is 5.75. The molecule has 0 unspecified atom stereocenters. The summed E-state index contributed by atoms with van der Waals surface area (Å²) in [6.07, 6.45) is 8.43. The molecule has 0 saturated carbocycles. The van der Waals surface area contributed by atoms with Gasteiger partial charge in [0.2, 0.25) is 0 Å². The SMILES string of the molecule is CC(C)(C#N)CCCCn1ccc(CCN)c1. The molecule has 1 heterocycles. The molecule has 0 aromatic carbocycles. The molecule has 94 valence electrons. The van der Waals surface area contributed by atoms with Gasteiger partial charge in [0, 0.05) is 18.9 Å². The average molecular weight is 233 g/mol. The van der Waals surface area contributed by atoms with E-state index in [1.54, 1.807) is 0 Å². The van der Waals surface area contributed by atoms with Gasteiger partial charge in [-0.2, -0.15) is 5.26 Å². The highest BCUT2D eigenvalue weighted by Crippen LogP contribution is 2.21. The van der Waals surface area contributed by atoms with E-state index in [-0.39, 0.29) is 5.41 Å². The van der Waals surface area contributed by atoms with Crippen molar-refractivity contribution >= 4 is 0 Å². The Morgan fingerprint density at radius 2 is 2.18 bits per heavy atom. The fraction of sp³-hybridized carbons (Fsp3) is 0.643. The molecule has 0 bridgehead atoms. The molecular formula is C14H23N3. The smallest absolute Gasteiger partial charge is 0.0683 e. The number of nitrogens with two attached hydrogens (primary N) is 1. The van der Waals surface area contributed by atoms with Crippen LogP contribution in [0.15, 0.2) is 18.5 Å². The molecular weight excluding hydrogens is 210 g/mol. The molecule has 0 aliphatic heterocycles. The molecule has 3 nitrogen and oxygen atoms in total. The van der Waals surface area contributed by atoms with Gasteiger partial charge < -0.3 is 10.3 Å². The van der Waals surface area contributed by atoms with Gasteiger partial charge in [-0.1, -0.05) is 6.42 Å². The lowest BCUT2D eigenvalue weighted by atomic mass is 9.89. The van der Waals surface area contributed by atoms with Crippen molar-refractivity contribution in [2.24, 2.45) is 11.1 Å². The highest BCUT2D eigenvalue weighted by atomic mass is 14.9. The van der Waals surface area contributed by atoms with Crippen molar-refractivity contribution in [3.05, 3.63) is 24.0 Å². The number of nitriles is 1. The first-order valence-corrected chi connectivity index (χ1v) is 6.33. The number of unbranched alkanes of at least 4 members (excludes halogenated alkanes) is 1. The summed E-state index contributed by atoms with van der Waals surface area (Å²) in [7, 11) is 0. The van der Waals surface area contributed by atoms with Crippen molar-refractivity contribution in [3.63, 3.8) is 0 Å². The Hall–Kier alpha value is -1.27. The number of hydrogen-bond acceptors (Lipinski definition) is 2. The quantitative estimate of drug-likeness (QED) is 0.736. The Labute approximate surface area is 104 Å². The lowest BCUT2D eigenvalue weighted by Crippen LogP contribution is -2.08. The van der Waals surface area contributed by atoms with Gasteiger partial charge in [0.15, 0.2) is 0 Å². The Kier molecular flexibility index (Phi) is 5.24. The van der Waals surface area contributed by atoms with E-state index in [4.69, 9.17) is 11.0 Å². The van der Waals surface area contributed by atoms with Crippen molar-refractivity contribution in [3.8, 4) is 6.07 Å². The van der Waals surface area contributed by atoms with E-state index in [0.29, 0.717) is 6.54 Å². The molecule has 0 fully saturated rings. The molecule has 17 heavy (non-hydrogen) atoms. The summed E-state index contributed by atoms with van der Waals surface area (Å²) in [5.74, 6) is 0. The van der Waals surface area contributed by atoms with E-state index in [2.05, 4.69) is 29.1 Å². The van der Waals surface area contributed by atoms with Crippen LogP contribution in [-0.4, -0.2) is 11.1 Å². The van der Waals surface area contributed by atoms with Crippen LogP contribution >= 0.6 is 0 Å². The molecule has 1 rings (SSSR count). The standard InChI is InChI=1S/C14H23N3/c1-14(2,12-16)7-3-4-9-17-10-6-13(11-17)5-8-15/h6,10-11H,3-5,7-9,15H2,1-2H3. The summed E-state index contributed by atoms with van der Waals surface area (Å²) in [5.41, 5.74) is 6.65. The van der Waals surface area contributed by atoms with Crippen LogP contribution in [0.1, 0.15) is 38.7 Å². The third-order valence-electron chi connectivity index (χ3n) is 3.02. The molecule has 0 aliphatic carbocycles. The first kappa shape index (κ1) is 13.8. The lowest BCUT2D eigenvalue weighted by Gasteiger charge is -2.14. The summed E-state index contributed by atoms with van der Waals surface area (Å²) < 4.78 is 2.21. The molecule has 1 aromatic rings. The summed E-state index contributed by atoms with van der Waals surface area (Å²) in [6, 6.07) is 4.47. The van der Waals surface area contributed by atoms with Gasteiger partial charge in [-0.05, 0) is 51.3 Å². The van der Waals surface area contributed by atoms with Crippen LogP contribution in [0.3, 0.4) is 0 Å². The maximum Gasteiger partial charge on any atom is 0.0683 e. The van der Waals surface area contributed by atoms with Crippen molar-refractivity contribution in [1.82, 2.24) is 4.57 Å². The van der Waals surface area contributed by atoms with Crippen molar-refractivity contribution < 1.29 is 0 Å². The fourth-order valence-electron chi connectivity index (χ4n) is 1.86. The highest BCUT2D eigenvalue weighted by Gasteiger charge is 2.15. The molecule has 0 radical (unpaired) electrons. The molecule has 0 spiro atoms. The Balaban J connectivity index is 2.24. The molecule has 2 N–H and O–H groups in total. The average Bonchev–Trinajstić information content (AvgIpc) is 2.73. The van der Waals surface area contributed by atoms with Gasteiger partial charge in [-0.3, -0.25) is 0 Å². The predicted octanol–water partition coefficient (Wildman–Crippen LogP) is 2.71.